The summed E-state index contributed by atoms with van der Waals surface area (Å²) in [6.07, 6.45) is 1.82. The van der Waals surface area contributed by atoms with E-state index in [2.05, 4.69) is 51.4 Å². The molecule has 2 rings (SSSR count). The van der Waals surface area contributed by atoms with Crippen LogP contribution >= 0.6 is 15.9 Å². The molecule has 0 unspecified atom stereocenters. The molecule has 0 aliphatic rings. The number of pyridine rings is 1. The van der Waals surface area contributed by atoms with Crippen molar-refractivity contribution in [2.45, 2.75) is 19.5 Å². The number of aromatic nitrogens is 1. The lowest BCUT2D eigenvalue weighted by molar-refractivity contribution is 0.566. The minimum absolute atomic E-state index is 0.299. The van der Waals surface area contributed by atoms with E-state index in [9.17, 15) is 0 Å². The Morgan fingerprint density at radius 1 is 1.18 bits per heavy atom. The average Bonchev–Trinajstić information content (AvgIpc) is 2.38. The summed E-state index contributed by atoms with van der Waals surface area (Å²) < 4.78 is 1.14. The van der Waals surface area contributed by atoms with Crippen LogP contribution in [0, 0.1) is 0 Å². The molecule has 0 spiro atoms. The minimum Gasteiger partial charge on any atom is -0.305 e. The van der Waals surface area contributed by atoms with Crippen LogP contribution in [0.5, 0.6) is 0 Å². The Balaban J connectivity index is 1.99. The van der Waals surface area contributed by atoms with E-state index in [1.54, 1.807) is 0 Å². The summed E-state index contributed by atoms with van der Waals surface area (Å²) in [4.78, 5) is 4.29. The molecule has 0 amide bonds. The summed E-state index contributed by atoms with van der Waals surface area (Å²) in [6.45, 7) is 2.94. The molecule has 1 heterocycles. The summed E-state index contributed by atoms with van der Waals surface area (Å²) in [5, 5.41) is 3.46. The molecule has 2 aromatic rings. The van der Waals surface area contributed by atoms with Crippen LogP contribution in [0.1, 0.15) is 24.2 Å². The van der Waals surface area contributed by atoms with Gasteiger partial charge in [-0.3, -0.25) is 4.98 Å². The Labute approximate surface area is 110 Å². The zero-order valence-electron chi connectivity index (χ0n) is 9.73. The Hall–Kier alpha value is -1.19. The fourth-order valence-electron chi connectivity index (χ4n) is 1.70. The summed E-state index contributed by atoms with van der Waals surface area (Å²) in [7, 11) is 0. The molecule has 1 N–H and O–H groups in total. The molecule has 3 heteroatoms. The lowest BCUT2D eigenvalue weighted by Crippen LogP contribution is -2.19. The zero-order valence-corrected chi connectivity index (χ0v) is 11.3. The first kappa shape index (κ1) is 12.3. The van der Waals surface area contributed by atoms with Gasteiger partial charge in [0, 0.05) is 23.3 Å². The standard InChI is InChI=1S/C14H15BrN2/c1-11(13-7-2-3-8-14(13)15)17-10-12-6-4-5-9-16-12/h2-9,11,17H,10H2,1H3/t11-/m0/s1. The maximum atomic E-state index is 4.29. The molecule has 0 saturated heterocycles. The number of benzene rings is 1. The van der Waals surface area contributed by atoms with Gasteiger partial charge >= 0.3 is 0 Å². The highest BCUT2D eigenvalue weighted by atomic mass is 79.9. The van der Waals surface area contributed by atoms with Crippen LogP contribution < -0.4 is 5.32 Å². The molecule has 2 nitrogen and oxygen atoms in total. The average molecular weight is 291 g/mol. The van der Waals surface area contributed by atoms with E-state index in [0.717, 1.165) is 16.7 Å². The highest BCUT2D eigenvalue weighted by molar-refractivity contribution is 9.10. The SMILES string of the molecule is C[C@H](NCc1ccccn1)c1ccccc1Br. The van der Waals surface area contributed by atoms with E-state index in [0.29, 0.717) is 6.04 Å². The zero-order chi connectivity index (χ0) is 12.1. The van der Waals surface area contributed by atoms with Crippen LogP contribution in [0.3, 0.4) is 0 Å². The first-order chi connectivity index (χ1) is 8.27. The maximum Gasteiger partial charge on any atom is 0.0541 e. The third-order valence-electron chi connectivity index (χ3n) is 2.69. The Morgan fingerprint density at radius 2 is 1.94 bits per heavy atom. The fraction of sp³-hybridized carbons (Fsp3) is 0.214. The van der Waals surface area contributed by atoms with E-state index < -0.39 is 0 Å². The van der Waals surface area contributed by atoms with E-state index in [1.165, 1.54) is 5.56 Å². The highest BCUT2D eigenvalue weighted by Gasteiger charge is 2.07. The topological polar surface area (TPSA) is 24.9 Å². The number of hydrogen-bond donors (Lipinski definition) is 1. The Morgan fingerprint density at radius 3 is 2.65 bits per heavy atom. The van der Waals surface area contributed by atoms with E-state index >= 15 is 0 Å². The van der Waals surface area contributed by atoms with Gasteiger partial charge in [0.25, 0.3) is 0 Å². The van der Waals surface area contributed by atoms with Crippen LogP contribution in [0.2, 0.25) is 0 Å². The molecular weight excluding hydrogens is 276 g/mol. The largest absolute Gasteiger partial charge is 0.305 e. The number of nitrogens with one attached hydrogen (secondary N) is 1. The second-order valence-corrected chi connectivity index (χ2v) is 4.80. The lowest BCUT2D eigenvalue weighted by atomic mass is 10.1. The van der Waals surface area contributed by atoms with Crippen molar-refractivity contribution in [3.63, 3.8) is 0 Å². The summed E-state index contributed by atoms with van der Waals surface area (Å²) in [6, 6.07) is 14.5. The van der Waals surface area contributed by atoms with E-state index in [-0.39, 0.29) is 0 Å². The van der Waals surface area contributed by atoms with Gasteiger partial charge in [0.1, 0.15) is 0 Å². The van der Waals surface area contributed by atoms with Crippen molar-refractivity contribution in [3.05, 3.63) is 64.4 Å². The molecule has 0 saturated carbocycles. The van der Waals surface area contributed by atoms with Gasteiger partial charge in [-0.2, -0.15) is 0 Å². The number of rotatable bonds is 4. The van der Waals surface area contributed by atoms with Gasteiger partial charge in [0.2, 0.25) is 0 Å². The van der Waals surface area contributed by atoms with Crippen molar-refractivity contribution in [2.24, 2.45) is 0 Å². The molecule has 0 fully saturated rings. The van der Waals surface area contributed by atoms with Gasteiger partial charge in [0.05, 0.1) is 5.69 Å². The van der Waals surface area contributed by atoms with Crippen molar-refractivity contribution in [2.75, 3.05) is 0 Å². The van der Waals surface area contributed by atoms with Crippen LogP contribution in [0.15, 0.2) is 53.1 Å². The van der Waals surface area contributed by atoms with Crippen LogP contribution in [0.25, 0.3) is 0 Å². The summed E-state index contributed by atoms with van der Waals surface area (Å²) in [5.41, 5.74) is 2.33. The highest BCUT2D eigenvalue weighted by Crippen LogP contribution is 2.22. The van der Waals surface area contributed by atoms with E-state index in [4.69, 9.17) is 0 Å². The predicted octanol–water partition coefficient (Wildman–Crippen LogP) is 3.69. The van der Waals surface area contributed by atoms with Crippen LogP contribution in [-0.4, -0.2) is 4.98 Å². The molecule has 0 aliphatic carbocycles. The van der Waals surface area contributed by atoms with Crippen LogP contribution in [0.4, 0.5) is 0 Å². The lowest BCUT2D eigenvalue weighted by Gasteiger charge is -2.15. The van der Waals surface area contributed by atoms with Gasteiger partial charge < -0.3 is 5.32 Å². The smallest absolute Gasteiger partial charge is 0.0541 e. The molecule has 0 radical (unpaired) electrons. The molecule has 1 atom stereocenters. The monoisotopic (exact) mass is 290 g/mol. The molecule has 0 bridgehead atoms. The fourth-order valence-corrected chi connectivity index (χ4v) is 2.32. The van der Waals surface area contributed by atoms with Gasteiger partial charge in [-0.1, -0.05) is 40.2 Å². The molecule has 1 aromatic heterocycles. The predicted molar refractivity (Wildman–Crippen MR) is 73.6 cm³/mol. The van der Waals surface area contributed by atoms with Gasteiger partial charge in [0.15, 0.2) is 0 Å². The third-order valence-corrected chi connectivity index (χ3v) is 3.41. The third kappa shape index (κ3) is 3.38. The minimum atomic E-state index is 0.299. The van der Waals surface area contributed by atoms with Gasteiger partial charge in [-0.15, -0.1) is 0 Å². The summed E-state index contributed by atoms with van der Waals surface area (Å²) >= 11 is 3.57. The molecule has 88 valence electrons. The van der Waals surface area contributed by atoms with Gasteiger partial charge in [-0.05, 0) is 30.7 Å². The van der Waals surface area contributed by atoms with Crippen molar-refractivity contribution in [1.29, 1.82) is 0 Å². The van der Waals surface area contributed by atoms with Crippen molar-refractivity contribution in [3.8, 4) is 0 Å². The Bertz CT molecular complexity index is 471. The van der Waals surface area contributed by atoms with E-state index in [1.807, 2.05) is 30.5 Å². The second kappa shape index (κ2) is 5.94. The first-order valence-corrected chi connectivity index (χ1v) is 6.44. The first-order valence-electron chi connectivity index (χ1n) is 5.65. The second-order valence-electron chi connectivity index (χ2n) is 3.95. The Kier molecular flexibility index (Phi) is 4.29. The van der Waals surface area contributed by atoms with Gasteiger partial charge in [-0.25, -0.2) is 0 Å². The molecule has 0 aliphatic heterocycles. The maximum absolute atomic E-state index is 4.29. The quantitative estimate of drug-likeness (QED) is 0.929. The summed E-state index contributed by atoms with van der Waals surface area (Å²) in [5.74, 6) is 0. The molecule has 1 aromatic carbocycles. The molecular formula is C14H15BrN2. The van der Waals surface area contributed by atoms with Crippen molar-refractivity contribution < 1.29 is 0 Å². The molecule has 17 heavy (non-hydrogen) atoms. The number of nitrogens with zero attached hydrogens (tertiary/aromatic N) is 1. The van der Waals surface area contributed by atoms with Crippen LogP contribution in [-0.2, 0) is 6.54 Å². The van der Waals surface area contributed by atoms with Crippen molar-refractivity contribution in [1.82, 2.24) is 10.3 Å². The number of hydrogen-bond acceptors (Lipinski definition) is 2. The van der Waals surface area contributed by atoms with Crippen molar-refractivity contribution >= 4 is 15.9 Å². The normalized spacial score (nSPS) is 12.4. The number of halogens is 1.